The van der Waals surface area contributed by atoms with Crippen LogP contribution in [0, 0.1) is 34.5 Å². The van der Waals surface area contributed by atoms with Crippen molar-refractivity contribution < 1.29 is 9.53 Å². The molecule has 0 amide bonds. The Morgan fingerprint density at radius 1 is 1.04 bits per heavy atom. The van der Waals surface area contributed by atoms with Crippen LogP contribution in [0.15, 0.2) is 12.2 Å². The Bertz CT molecular complexity index is 490. The summed E-state index contributed by atoms with van der Waals surface area (Å²) in [7, 11) is 0. The Morgan fingerprint density at radius 2 is 1.62 bits per heavy atom. The monoisotopic (exact) mass is 330 g/mol. The molecule has 2 heteroatoms. The van der Waals surface area contributed by atoms with Crippen molar-refractivity contribution in [1.82, 2.24) is 0 Å². The SMILES string of the molecule is C=C(CCCOC(=O)C1CCC2(C)CC2C1)C1CCC2(C)CC2C1. The van der Waals surface area contributed by atoms with E-state index in [0.717, 1.165) is 43.4 Å². The molecule has 0 aromatic rings. The second-order valence-electron chi connectivity index (χ2n) is 9.98. The van der Waals surface area contributed by atoms with E-state index in [1.807, 2.05) is 0 Å². The number of carbonyl (C=O) groups excluding carboxylic acids is 1. The Morgan fingerprint density at radius 3 is 2.25 bits per heavy atom. The number of carbonyl (C=O) groups is 1. The number of ether oxygens (including phenoxy) is 1. The highest BCUT2D eigenvalue weighted by Gasteiger charge is 2.54. The van der Waals surface area contributed by atoms with E-state index < -0.39 is 0 Å². The summed E-state index contributed by atoms with van der Waals surface area (Å²) in [6, 6.07) is 0. The van der Waals surface area contributed by atoms with E-state index in [9.17, 15) is 4.79 Å². The van der Waals surface area contributed by atoms with E-state index in [1.54, 1.807) is 0 Å². The van der Waals surface area contributed by atoms with Crippen molar-refractivity contribution in [3.05, 3.63) is 12.2 Å². The van der Waals surface area contributed by atoms with Crippen LogP contribution in [-0.4, -0.2) is 12.6 Å². The molecule has 4 saturated carbocycles. The van der Waals surface area contributed by atoms with E-state index in [2.05, 4.69) is 20.4 Å². The first-order valence-corrected chi connectivity index (χ1v) is 10.2. The molecule has 4 rings (SSSR count). The number of rotatable bonds is 6. The molecular formula is C22H34O2. The average Bonchev–Trinajstić information content (AvgIpc) is 3.42. The first kappa shape index (κ1) is 16.7. The predicted octanol–water partition coefficient (Wildman–Crippen LogP) is 5.52. The summed E-state index contributed by atoms with van der Waals surface area (Å²) in [6.07, 6.45) is 12.2. The number of fused-ring (bicyclic) bond motifs is 2. The molecule has 134 valence electrons. The highest BCUT2D eigenvalue weighted by atomic mass is 16.5. The second kappa shape index (κ2) is 5.88. The maximum absolute atomic E-state index is 12.3. The van der Waals surface area contributed by atoms with Crippen molar-refractivity contribution in [1.29, 1.82) is 0 Å². The average molecular weight is 331 g/mol. The van der Waals surface area contributed by atoms with E-state index in [4.69, 9.17) is 4.74 Å². The standard InChI is InChI=1S/C22H34O2/c1-15(16-6-8-21(2)13-18(21)11-16)5-4-10-24-20(23)17-7-9-22(3)14-19(22)12-17/h16-19H,1,4-14H2,2-3H3. The van der Waals surface area contributed by atoms with Crippen molar-refractivity contribution in [2.75, 3.05) is 6.61 Å². The summed E-state index contributed by atoms with van der Waals surface area (Å²) < 4.78 is 5.58. The molecule has 0 bridgehead atoms. The number of allylic oxidation sites excluding steroid dienone is 1. The van der Waals surface area contributed by atoms with Gasteiger partial charge in [0.2, 0.25) is 0 Å². The second-order valence-corrected chi connectivity index (χ2v) is 9.98. The summed E-state index contributed by atoms with van der Waals surface area (Å²) in [5.41, 5.74) is 2.67. The largest absolute Gasteiger partial charge is 0.465 e. The molecule has 0 aromatic heterocycles. The van der Waals surface area contributed by atoms with Crippen molar-refractivity contribution in [2.45, 2.75) is 78.1 Å². The van der Waals surface area contributed by atoms with Gasteiger partial charge in [-0.25, -0.2) is 0 Å². The van der Waals surface area contributed by atoms with Gasteiger partial charge < -0.3 is 4.74 Å². The van der Waals surface area contributed by atoms with Crippen LogP contribution in [0.1, 0.15) is 78.1 Å². The summed E-state index contributed by atoms with van der Waals surface area (Å²) in [6.45, 7) is 9.76. The molecule has 0 aliphatic heterocycles. The van der Waals surface area contributed by atoms with Crippen LogP contribution in [0.3, 0.4) is 0 Å². The van der Waals surface area contributed by atoms with Crippen LogP contribution in [0.4, 0.5) is 0 Å². The Hall–Kier alpha value is -0.790. The van der Waals surface area contributed by atoms with Gasteiger partial charge in [-0.3, -0.25) is 4.79 Å². The van der Waals surface area contributed by atoms with Gasteiger partial charge in [0.05, 0.1) is 12.5 Å². The number of hydrogen-bond donors (Lipinski definition) is 0. The van der Waals surface area contributed by atoms with Gasteiger partial charge in [-0.15, -0.1) is 0 Å². The molecule has 0 heterocycles. The Kier molecular flexibility index (Phi) is 4.09. The number of esters is 1. The van der Waals surface area contributed by atoms with Gasteiger partial charge in [0.15, 0.2) is 0 Å². The van der Waals surface area contributed by atoms with Crippen LogP contribution in [-0.2, 0) is 9.53 Å². The molecule has 0 aromatic carbocycles. The van der Waals surface area contributed by atoms with Gasteiger partial charge >= 0.3 is 5.97 Å². The van der Waals surface area contributed by atoms with E-state index in [-0.39, 0.29) is 11.9 Å². The molecule has 24 heavy (non-hydrogen) atoms. The fraction of sp³-hybridized carbons (Fsp3) is 0.864. The molecule has 0 N–H and O–H groups in total. The lowest BCUT2D eigenvalue weighted by Crippen LogP contribution is -2.24. The maximum atomic E-state index is 12.3. The molecule has 4 fully saturated rings. The molecular weight excluding hydrogens is 296 g/mol. The van der Waals surface area contributed by atoms with Gasteiger partial charge in [0.25, 0.3) is 0 Å². The topological polar surface area (TPSA) is 26.3 Å². The quantitative estimate of drug-likeness (QED) is 0.364. The minimum absolute atomic E-state index is 0.0703. The molecule has 6 atom stereocenters. The lowest BCUT2D eigenvalue weighted by molar-refractivity contribution is -0.150. The number of hydrogen-bond acceptors (Lipinski definition) is 2. The summed E-state index contributed by atoms with van der Waals surface area (Å²) >= 11 is 0. The smallest absolute Gasteiger partial charge is 0.308 e. The Labute approximate surface area is 147 Å². The van der Waals surface area contributed by atoms with Gasteiger partial charge in [0, 0.05) is 0 Å². The lowest BCUT2D eigenvalue weighted by atomic mass is 9.78. The highest BCUT2D eigenvalue weighted by Crippen LogP contribution is 2.63. The molecule has 2 nitrogen and oxygen atoms in total. The van der Waals surface area contributed by atoms with Gasteiger partial charge in [-0.05, 0) is 92.8 Å². The highest BCUT2D eigenvalue weighted by molar-refractivity contribution is 5.72. The molecule has 0 radical (unpaired) electrons. The van der Waals surface area contributed by atoms with Gasteiger partial charge in [-0.2, -0.15) is 0 Å². The lowest BCUT2D eigenvalue weighted by Gasteiger charge is -2.27. The first-order chi connectivity index (χ1) is 11.4. The van der Waals surface area contributed by atoms with Crippen molar-refractivity contribution in [3.63, 3.8) is 0 Å². The zero-order valence-electron chi connectivity index (χ0n) is 15.6. The predicted molar refractivity (Wildman–Crippen MR) is 96.4 cm³/mol. The van der Waals surface area contributed by atoms with Crippen LogP contribution >= 0.6 is 0 Å². The summed E-state index contributed by atoms with van der Waals surface area (Å²) in [5, 5.41) is 0. The minimum Gasteiger partial charge on any atom is -0.465 e. The molecule has 4 aliphatic rings. The minimum atomic E-state index is 0.0703. The van der Waals surface area contributed by atoms with Crippen LogP contribution in [0.2, 0.25) is 0 Å². The summed E-state index contributed by atoms with van der Waals surface area (Å²) in [5.74, 6) is 2.74. The van der Waals surface area contributed by atoms with E-state index >= 15 is 0 Å². The molecule has 0 saturated heterocycles. The summed E-state index contributed by atoms with van der Waals surface area (Å²) in [4.78, 5) is 12.3. The third-order valence-corrected chi connectivity index (χ3v) is 8.14. The zero-order chi connectivity index (χ0) is 16.9. The third kappa shape index (κ3) is 3.18. The van der Waals surface area contributed by atoms with E-state index in [0.29, 0.717) is 17.4 Å². The third-order valence-electron chi connectivity index (χ3n) is 8.14. The van der Waals surface area contributed by atoms with Crippen molar-refractivity contribution >= 4 is 5.97 Å². The fourth-order valence-corrected chi connectivity index (χ4v) is 5.67. The fourth-order valence-electron chi connectivity index (χ4n) is 5.67. The van der Waals surface area contributed by atoms with Crippen molar-refractivity contribution in [3.8, 4) is 0 Å². The van der Waals surface area contributed by atoms with Gasteiger partial charge in [0.1, 0.15) is 0 Å². The Balaban J connectivity index is 1.12. The molecule has 0 spiro atoms. The normalized spacial score (nSPS) is 45.8. The van der Waals surface area contributed by atoms with Crippen LogP contribution in [0.5, 0.6) is 0 Å². The zero-order valence-corrected chi connectivity index (χ0v) is 15.6. The van der Waals surface area contributed by atoms with Gasteiger partial charge in [-0.1, -0.05) is 26.0 Å². The first-order valence-electron chi connectivity index (χ1n) is 10.2. The van der Waals surface area contributed by atoms with Crippen molar-refractivity contribution in [2.24, 2.45) is 34.5 Å². The molecule has 4 aliphatic carbocycles. The van der Waals surface area contributed by atoms with Crippen LogP contribution in [0.25, 0.3) is 0 Å². The maximum Gasteiger partial charge on any atom is 0.308 e. The van der Waals surface area contributed by atoms with Crippen LogP contribution < -0.4 is 0 Å². The molecule has 6 unspecified atom stereocenters. The van der Waals surface area contributed by atoms with E-state index in [1.165, 1.54) is 44.1 Å².